The maximum absolute atomic E-state index is 12.1. The van der Waals surface area contributed by atoms with Gasteiger partial charge in [-0.25, -0.2) is 24.0 Å². The Morgan fingerprint density at radius 3 is 2.74 bits per heavy atom. The number of hydrogen-bond donors (Lipinski definition) is 3. The normalized spacial score (nSPS) is 12.4. The molecule has 0 aliphatic heterocycles. The van der Waals surface area contributed by atoms with Crippen LogP contribution >= 0.6 is 0 Å². The summed E-state index contributed by atoms with van der Waals surface area (Å²) >= 11 is 0. The molecular weight excluding hydrogens is 268 g/mol. The van der Waals surface area contributed by atoms with Gasteiger partial charge in [0.05, 0.1) is 10.5 Å². The summed E-state index contributed by atoms with van der Waals surface area (Å²) in [7, 11) is -3.61. The second-order valence-electron chi connectivity index (χ2n) is 4.54. The first-order valence-electron chi connectivity index (χ1n) is 5.87. The van der Waals surface area contributed by atoms with E-state index in [2.05, 4.69) is 15.1 Å². The molecule has 0 radical (unpaired) electrons. The highest BCUT2D eigenvalue weighted by molar-refractivity contribution is 7.89. The van der Waals surface area contributed by atoms with Gasteiger partial charge >= 0.3 is 0 Å². The zero-order valence-electron chi connectivity index (χ0n) is 11.3. The number of ether oxygens (including phenoxy) is 1. The van der Waals surface area contributed by atoms with Crippen LogP contribution < -0.4 is 16.0 Å². The molecule has 0 aromatic carbocycles. The molecule has 1 heterocycles. The van der Waals surface area contributed by atoms with Crippen molar-refractivity contribution in [2.45, 2.75) is 31.3 Å². The molecular formula is C11H20N4O3S. The molecule has 0 saturated carbocycles. The molecule has 8 heteroatoms. The van der Waals surface area contributed by atoms with Crippen molar-refractivity contribution >= 4 is 15.8 Å². The number of hydrogen-bond acceptors (Lipinski definition) is 6. The summed E-state index contributed by atoms with van der Waals surface area (Å²) < 4.78 is 32.1. The molecule has 0 atom stereocenters. The average Bonchev–Trinajstić information content (AvgIpc) is 2.37. The van der Waals surface area contributed by atoms with Gasteiger partial charge in [-0.1, -0.05) is 0 Å². The molecule has 0 fully saturated rings. The minimum absolute atomic E-state index is 0.0998. The third-order valence-electron chi connectivity index (χ3n) is 2.41. The number of rotatable bonds is 7. The zero-order valence-corrected chi connectivity index (χ0v) is 12.1. The van der Waals surface area contributed by atoms with E-state index >= 15 is 0 Å². The van der Waals surface area contributed by atoms with Crippen LogP contribution in [0.3, 0.4) is 0 Å². The molecule has 19 heavy (non-hydrogen) atoms. The summed E-state index contributed by atoms with van der Waals surface area (Å²) in [6.07, 6.45) is 1.37. The largest absolute Gasteiger partial charge is 0.375 e. The van der Waals surface area contributed by atoms with Crippen LogP contribution in [0, 0.1) is 0 Å². The van der Waals surface area contributed by atoms with Gasteiger partial charge in [-0.2, -0.15) is 0 Å². The predicted molar refractivity (Wildman–Crippen MR) is 72.9 cm³/mol. The lowest BCUT2D eigenvalue weighted by Crippen LogP contribution is -2.40. The molecule has 0 bridgehead atoms. The first-order valence-corrected chi connectivity index (χ1v) is 7.35. The molecule has 0 aliphatic rings. The third kappa shape index (κ3) is 4.75. The van der Waals surface area contributed by atoms with E-state index in [0.717, 1.165) is 0 Å². The summed E-state index contributed by atoms with van der Waals surface area (Å²) in [5.41, 5.74) is 1.74. The fourth-order valence-corrected chi connectivity index (χ4v) is 2.66. The van der Waals surface area contributed by atoms with Crippen molar-refractivity contribution in [3.05, 3.63) is 18.3 Å². The number of sulfonamides is 1. The Bertz CT molecular complexity index is 516. The number of hydrazine groups is 1. The third-order valence-corrected chi connectivity index (χ3v) is 3.81. The number of anilines is 1. The molecule has 1 aromatic rings. The van der Waals surface area contributed by atoms with E-state index < -0.39 is 15.6 Å². The Morgan fingerprint density at radius 2 is 2.16 bits per heavy atom. The van der Waals surface area contributed by atoms with Gasteiger partial charge in [0.15, 0.2) is 0 Å². The smallest absolute Gasteiger partial charge is 0.240 e. The van der Waals surface area contributed by atoms with Crippen molar-refractivity contribution < 1.29 is 13.2 Å². The van der Waals surface area contributed by atoms with Crippen LogP contribution in [0.25, 0.3) is 0 Å². The van der Waals surface area contributed by atoms with Crippen molar-refractivity contribution in [3.63, 3.8) is 0 Å². The lowest BCUT2D eigenvalue weighted by atomic mass is 10.1. The standard InChI is InChI=1S/C11H20N4O3S/c1-4-18-11(2,3)8-14-19(16,17)9-5-6-13-10(7-9)15-12/h5-7,14H,4,8,12H2,1-3H3,(H,13,15). The van der Waals surface area contributed by atoms with Gasteiger partial charge in [0.1, 0.15) is 5.82 Å². The summed E-state index contributed by atoms with van der Waals surface area (Å²) in [5.74, 6) is 5.48. The van der Waals surface area contributed by atoms with Crippen LogP contribution in [0.4, 0.5) is 5.82 Å². The summed E-state index contributed by atoms with van der Waals surface area (Å²) in [5, 5.41) is 0. The molecule has 1 aromatic heterocycles. The summed E-state index contributed by atoms with van der Waals surface area (Å²) in [4.78, 5) is 3.96. The maximum Gasteiger partial charge on any atom is 0.240 e. The number of aromatic nitrogens is 1. The van der Waals surface area contributed by atoms with Crippen LogP contribution in [0.5, 0.6) is 0 Å². The van der Waals surface area contributed by atoms with Gasteiger partial charge in [-0.3, -0.25) is 0 Å². The van der Waals surface area contributed by atoms with Gasteiger partial charge in [0.25, 0.3) is 0 Å². The van der Waals surface area contributed by atoms with Gasteiger partial charge in [0.2, 0.25) is 10.0 Å². The van der Waals surface area contributed by atoms with Gasteiger partial charge in [-0.05, 0) is 26.8 Å². The number of nitrogens with two attached hydrogens (primary N) is 1. The Hall–Kier alpha value is -1.22. The van der Waals surface area contributed by atoms with Gasteiger partial charge in [-0.15, -0.1) is 0 Å². The highest BCUT2D eigenvalue weighted by atomic mass is 32.2. The van der Waals surface area contributed by atoms with E-state index in [0.29, 0.717) is 6.61 Å². The lowest BCUT2D eigenvalue weighted by Gasteiger charge is -2.24. The number of nitrogens with one attached hydrogen (secondary N) is 2. The average molecular weight is 288 g/mol. The highest BCUT2D eigenvalue weighted by Gasteiger charge is 2.22. The predicted octanol–water partition coefficient (Wildman–Crippen LogP) is 0.461. The van der Waals surface area contributed by atoms with Crippen LogP contribution in [-0.4, -0.2) is 32.2 Å². The molecule has 0 saturated heterocycles. The van der Waals surface area contributed by atoms with Crippen LogP contribution in [0.2, 0.25) is 0 Å². The van der Waals surface area contributed by atoms with E-state index in [1.54, 1.807) is 0 Å². The summed E-state index contributed by atoms with van der Waals surface area (Å²) in [6.45, 7) is 6.19. The monoisotopic (exact) mass is 288 g/mol. The minimum Gasteiger partial charge on any atom is -0.375 e. The molecule has 0 amide bonds. The Kier molecular flexibility index (Phi) is 5.24. The van der Waals surface area contributed by atoms with Crippen LogP contribution in [-0.2, 0) is 14.8 Å². The Balaban J connectivity index is 2.81. The van der Waals surface area contributed by atoms with Crippen molar-refractivity contribution in [3.8, 4) is 0 Å². The highest BCUT2D eigenvalue weighted by Crippen LogP contribution is 2.13. The number of nitrogen functional groups attached to an aromatic ring is 1. The van der Waals surface area contributed by atoms with Gasteiger partial charge in [0, 0.05) is 25.4 Å². The second-order valence-corrected chi connectivity index (χ2v) is 6.31. The van der Waals surface area contributed by atoms with Gasteiger partial charge < -0.3 is 10.2 Å². The fraction of sp³-hybridized carbons (Fsp3) is 0.545. The summed E-state index contributed by atoms with van der Waals surface area (Å²) in [6, 6.07) is 2.76. The van der Waals surface area contributed by atoms with Crippen molar-refractivity contribution in [1.82, 2.24) is 9.71 Å². The van der Waals surface area contributed by atoms with E-state index in [1.807, 2.05) is 20.8 Å². The Labute approximate surface area is 113 Å². The minimum atomic E-state index is -3.61. The first-order chi connectivity index (χ1) is 8.80. The van der Waals surface area contributed by atoms with E-state index in [9.17, 15) is 8.42 Å². The fourth-order valence-electron chi connectivity index (χ4n) is 1.45. The topological polar surface area (TPSA) is 106 Å². The molecule has 7 nitrogen and oxygen atoms in total. The Morgan fingerprint density at radius 1 is 1.47 bits per heavy atom. The second kappa shape index (κ2) is 6.29. The molecule has 1 rings (SSSR count). The van der Waals surface area contributed by atoms with Crippen molar-refractivity contribution in [2.24, 2.45) is 5.84 Å². The molecule has 108 valence electrons. The number of pyridine rings is 1. The van der Waals surface area contributed by atoms with E-state index in [-0.39, 0.29) is 17.3 Å². The SMILES string of the molecule is CCOC(C)(C)CNS(=O)(=O)c1ccnc(NN)c1. The molecule has 4 N–H and O–H groups in total. The van der Waals surface area contributed by atoms with E-state index in [1.165, 1.54) is 18.3 Å². The zero-order chi connectivity index (χ0) is 14.5. The van der Waals surface area contributed by atoms with Crippen molar-refractivity contribution in [1.29, 1.82) is 0 Å². The molecule has 0 spiro atoms. The number of nitrogens with zero attached hydrogens (tertiary/aromatic N) is 1. The molecule has 0 unspecified atom stereocenters. The van der Waals surface area contributed by atoms with Crippen molar-refractivity contribution in [2.75, 3.05) is 18.6 Å². The molecule has 0 aliphatic carbocycles. The maximum atomic E-state index is 12.1. The first kappa shape index (κ1) is 15.8. The lowest BCUT2D eigenvalue weighted by molar-refractivity contribution is -0.00514. The van der Waals surface area contributed by atoms with E-state index in [4.69, 9.17) is 10.6 Å². The quantitative estimate of drug-likeness (QED) is 0.497. The van der Waals surface area contributed by atoms with Crippen LogP contribution in [0.15, 0.2) is 23.2 Å². The van der Waals surface area contributed by atoms with Crippen LogP contribution in [0.1, 0.15) is 20.8 Å².